The molecule has 3 aromatic heterocycles. The summed E-state index contributed by atoms with van der Waals surface area (Å²) >= 11 is 1.47. The third-order valence-corrected chi connectivity index (χ3v) is 6.89. The molecule has 1 aliphatic rings. The summed E-state index contributed by atoms with van der Waals surface area (Å²) in [5.74, 6) is 1.34. The number of pyridine rings is 1. The molecule has 0 aliphatic carbocycles. The number of rotatable bonds is 7. The molecule has 33 heavy (non-hydrogen) atoms. The van der Waals surface area contributed by atoms with Crippen molar-refractivity contribution in [1.29, 1.82) is 0 Å². The first kappa shape index (κ1) is 21.9. The van der Waals surface area contributed by atoms with E-state index in [0.717, 1.165) is 48.1 Å². The monoisotopic (exact) mass is 464 g/mol. The van der Waals surface area contributed by atoms with Crippen LogP contribution in [0.1, 0.15) is 38.7 Å². The predicted octanol–water partition coefficient (Wildman–Crippen LogP) is 5.36. The average molecular weight is 465 g/mol. The van der Waals surface area contributed by atoms with Crippen molar-refractivity contribution in [1.82, 2.24) is 20.2 Å². The number of furan rings is 1. The van der Waals surface area contributed by atoms with Gasteiger partial charge in [-0.3, -0.25) is 9.69 Å². The van der Waals surface area contributed by atoms with Crippen molar-refractivity contribution in [2.24, 2.45) is 5.92 Å². The van der Waals surface area contributed by atoms with Gasteiger partial charge in [-0.2, -0.15) is 4.98 Å². The van der Waals surface area contributed by atoms with Gasteiger partial charge in [-0.15, -0.1) is 0 Å². The van der Waals surface area contributed by atoms with E-state index in [1.807, 2.05) is 44.4 Å². The largest absolute Gasteiger partial charge is 0.464 e. The number of fused-ring (bicyclic) bond motifs is 2. The Morgan fingerprint density at radius 3 is 2.94 bits per heavy atom. The third kappa shape index (κ3) is 5.17. The molecule has 1 saturated heterocycles. The van der Waals surface area contributed by atoms with Crippen molar-refractivity contribution >= 4 is 38.6 Å². The second-order valence-electron chi connectivity index (χ2n) is 8.97. The van der Waals surface area contributed by atoms with E-state index in [0.29, 0.717) is 28.9 Å². The van der Waals surface area contributed by atoms with Gasteiger partial charge in [0.15, 0.2) is 5.65 Å². The van der Waals surface area contributed by atoms with E-state index < -0.39 is 0 Å². The Labute approximate surface area is 196 Å². The lowest BCUT2D eigenvalue weighted by atomic mass is 9.93. The minimum absolute atomic E-state index is 0.171. The number of carbonyl (C=O) groups is 1. The molecule has 0 bridgehead atoms. The van der Waals surface area contributed by atoms with Crippen LogP contribution in [0.2, 0.25) is 0 Å². The maximum atomic E-state index is 12.0. The van der Waals surface area contributed by atoms with Crippen LogP contribution >= 0.6 is 11.3 Å². The molecule has 7 nitrogen and oxygen atoms in total. The quantitative estimate of drug-likeness (QED) is 0.397. The van der Waals surface area contributed by atoms with Crippen LogP contribution < -0.4 is 10.1 Å². The summed E-state index contributed by atoms with van der Waals surface area (Å²) in [7, 11) is 0. The topological polar surface area (TPSA) is 80.5 Å². The van der Waals surface area contributed by atoms with Crippen LogP contribution in [0.15, 0.2) is 47.2 Å². The lowest BCUT2D eigenvalue weighted by Crippen LogP contribution is -2.36. The Balaban J connectivity index is 1.19. The average Bonchev–Trinajstić information content (AvgIpc) is 3.37. The first-order valence-electron chi connectivity index (χ1n) is 11.4. The molecule has 172 valence electrons. The standard InChI is InChI=1S/C25H28N4O3S/c1-16(2)27-23(30)12-17-7-10-29(11-8-17)14-18-15-31-21-13-19(5-6-20(18)21)32-25-28-24-22(33-25)4-3-9-26-24/h3-6,9,13,15-17H,7-8,10-12,14H2,1-2H3,(H,27,30). The molecule has 1 N–H and O–H groups in total. The summed E-state index contributed by atoms with van der Waals surface area (Å²) in [4.78, 5) is 23.2. The first-order valence-corrected chi connectivity index (χ1v) is 12.3. The lowest BCUT2D eigenvalue weighted by Gasteiger charge is -2.31. The highest BCUT2D eigenvalue weighted by molar-refractivity contribution is 7.20. The van der Waals surface area contributed by atoms with E-state index in [2.05, 4.69) is 26.3 Å². The van der Waals surface area contributed by atoms with Gasteiger partial charge >= 0.3 is 0 Å². The summed E-state index contributed by atoms with van der Waals surface area (Å²) in [5, 5.41) is 4.68. The van der Waals surface area contributed by atoms with Crippen molar-refractivity contribution in [3.05, 3.63) is 48.4 Å². The molecular weight excluding hydrogens is 436 g/mol. The minimum atomic E-state index is 0.171. The van der Waals surface area contributed by atoms with Gasteiger partial charge in [0.05, 0.1) is 11.0 Å². The molecule has 4 heterocycles. The Morgan fingerprint density at radius 1 is 1.30 bits per heavy atom. The number of carbonyl (C=O) groups excluding carboxylic acids is 1. The van der Waals surface area contributed by atoms with Gasteiger partial charge in [0.2, 0.25) is 5.91 Å². The van der Waals surface area contributed by atoms with E-state index in [1.54, 1.807) is 6.20 Å². The fraction of sp³-hybridized carbons (Fsp3) is 0.400. The lowest BCUT2D eigenvalue weighted by molar-refractivity contribution is -0.122. The number of amides is 1. The molecule has 1 fully saturated rings. The number of nitrogens with one attached hydrogen (secondary N) is 1. The van der Waals surface area contributed by atoms with Crippen molar-refractivity contribution in [2.45, 2.75) is 45.7 Å². The fourth-order valence-electron chi connectivity index (χ4n) is 4.38. The van der Waals surface area contributed by atoms with Crippen LogP contribution in [0, 0.1) is 5.92 Å². The van der Waals surface area contributed by atoms with Crippen LogP contribution in [0.4, 0.5) is 0 Å². The highest BCUT2D eigenvalue weighted by Crippen LogP contribution is 2.33. The van der Waals surface area contributed by atoms with Gasteiger partial charge in [-0.1, -0.05) is 11.3 Å². The maximum absolute atomic E-state index is 12.0. The zero-order chi connectivity index (χ0) is 22.8. The Kier molecular flexibility index (Phi) is 6.28. The molecule has 0 unspecified atom stereocenters. The van der Waals surface area contributed by atoms with Crippen LogP contribution in [-0.4, -0.2) is 39.9 Å². The van der Waals surface area contributed by atoms with Crippen LogP contribution in [-0.2, 0) is 11.3 Å². The number of likely N-dealkylation sites (tertiary alicyclic amines) is 1. The molecule has 8 heteroatoms. The van der Waals surface area contributed by atoms with Crippen LogP contribution in [0.5, 0.6) is 10.9 Å². The molecule has 0 spiro atoms. The molecule has 1 aliphatic heterocycles. The number of ether oxygens (including phenoxy) is 1. The number of nitrogens with zero attached hydrogens (tertiary/aromatic N) is 3. The zero-order valence-corrected chi connectivity index (χ0v) is 19.7. The number of hydrogen-bond acceptors (Lipinski definition) is 7. The van der Waals surface area contributed by atoms with Gasteiger partial charge in [0.25, 0.3) is 5.19 Å². The van der Waals surface area contributed by atoms with Gasteiger partial charge in [-0.05, 0) is 70.0 Å². The first-order chi connectivity index (χ1) is 16.0. The predicted molar refractivity (Wildman–Crippen MR) is 130 cm³/mol. The molecule has 4 aromatic rings. The summed E-state index contributed by atoms with van der Waals surface area (Å²) in [5.41, 5.74) is 2.68. The molecule has 0 saturated carbocycles. The van der Waals surface area contributed by atoms with Crippen molar-refractivity contribution in [2.75, 3.05) is 13.1 Å². The summed E-state index contributed by atoms with van der Waals surface area (Å²) in [6.07, 6.45) is 6.31. The van der Waals surface area contributed by atoms with Gasteiger partial charge in [-0.25, -0.2) is 4.98 Å². The van der Waals surface area contributed by atoms with Crippen molar-refractivity contribution in [3.8, 4) is 10.9 Å². The molecule has 0 atom stereocenters. The number of aromatic nitrogens is 2. The third-order valence-electron chi connectivity index (χ3n) is 6.00. The highest BCUT2D eigenvalue weighted by atomic mass is 32.1. The Morgan fingerprint density at radius 2 is 2.15 bits per heavy atom. The second-order valence-corrected chi connectivity index (χ2v) is 9.96. The minimum Gasteiger partial charge on any atom is -0.464 e. The van der Waals surface area contributed by atoms with Crippen LogP contribution in [0.25, 0.3) is 21.3 Å². The SMILES string of the molecule is CC(C)NC(=O)CC1CCN(Cc2coc3cc(Oc4nc5ncccc5s4)ccc23)CC1. The summed E-state index contributed by atoms with van der Waals surface area (Å²) < 4.78 is 12.8. The zero-order valence-electron chi connectivity index (χ0n) is 18.9. The van der Waals surface area contributed by atoms with Gasteiger partial charge in [0, 0.05) is 42.2 Å². The second kappa shape index (κ2) is 9.49. The summed E-state index contributed by atoms with van der Waals surface area (Å²) in [6.45, 7) is 6.85. The van der Waals surface area contributed by atoms with E-state index in [4.69, 9.17) is 9.15 Å². The Bertz CT molecular complexity index is 1220. The van der Waals surface area contributed by atoms with Crippen molar-refractivity contribution in [3.63, 3.8) is 0 Å². The molecule has 0 radical (unpaired) electrons. The smallest absolute Gasteiger partial charge is 0.281 e. The van der Waals surface area contributed by atoms with Gasteiger partial charge in [0.1, 0.15) is 11.3 Å². The maximum Gasteiger partial charge on any atom is 0.281 e. The van der Waals surface area contributed by atoms with E-state index in [9.17, 15) is 4.79 Å². The molecule has 1 amide bonds. The van der Waals surface area contributed by atoms with E-state index >= 15 is 0 Å². The van der Waals surface area contributed by atoms with E-state index in [-0.39, 0.29) is 11.9 Å². The van der Waals surface area contributed by atoms with Crippen LogP contribution in [0.3, 0.4) is 0 Å². The normalized spacial score (nSPS) is 15.5. The molecule has 1 aromatic carbocycles. The summed E-state index contributed by atoms with van der Waals surface area (Å²) in [6, 6.07) is 10.0. The number of hydrogen-bond donors (Lipinski definition) is 1. The number of thiazole rings is 1. The number of benzene rings is 1. The van der Waals surface area contributed by atoms with Crippen molar-refractivity contribution < 1.29 is 13.9 Å². The molecule has 5 rings (SSSR count). The Hall–Kier alpha value is -2.97. The fourth-order valence-corrected chi connectivity index (χ4v) is 5.17. The van der Waals surface area contributed by atoms with Gasteiger partial charge < -0.3 is 14.5 Å². The van der Waals surface area contributed by atoms with E-state index in [1.165, 1.54) is 16.9 Å². The highest BCUT2D eigenvalue weighted by Gasteiger charge is 2.22. The molecular formula is C25H28N4O3S. The number of piperidine rings is 1.